The summed E-state index contributed by atoms with van der Waals surface area (Å²) in [4.78, 5) is 9.71. The molecule has 0 aromatic carbocycles. The van der Waals surface area contributed by atoms with Crippen molar-refractivity contribution in [1.82, 2.24) is 4.90 Å². The molecule has 2 N–H and O–H groups in total. The average molecular weight is 314 g/mol. The van der Waals surface area contributed by atoms with Crippen molar-refractivity contribution in [3.05, 3.63) is 21.4 Å². The molecule has 1 aromatic rings. The molecule has 0 atom stereocenters. The van der Waals surface area contributed by atoms with Gasteiger partial charge < -0.3 is 10.6 Å². The minimum Gasteiger partial charge on any atom is -0.370 e. The van der Waals surface area contributed by atoms with Gasteiger partial charge in [0, 0.05) is 40.1 Å². The highest BCUT2D eigenvalue weighted by atomic mass is 32.2. The quantitative estimate of drug-likeness (QED) is 0.672. The monoisotopic (exact) mass is 313 g/mol. The summed E-state index contributed by atoms with van der Waals surface area (Å²) in [6.07, 6.45) is 1.23. The van der Waals surface area contributed by atoms with E-state index in [0.29, 0.717) is 0 Å². The Labute approximate surface area is 127 Å². The summed E-state index contributed by atoms with van der Waals surface area (Å²) in [6.45, 7) is 2.83. The molecule has 0 spiro atoms. The maximum absolute atomic E-state index is 6.09. The lowest BCUT2D eigenvalue weighted by atomic mass is 10.2. The molecule has 0 aliphatic carbocycles. The number of thioether (sulfide) groups is 2. The fourth-order valence-corrected chi connectivity index (χ4v) is 5.55. The molecular formula is C13H19N3S3. The molecule has 3 nitrogen and oxygen atoms in total. The van der Waals surface area contributed by atoms with Crippen molar-refractivity contribution in [2.24, 2.45) is 10.7 Å². The maximum atomic E-state index is 6.09. The normalized spacial score (nSPS) is 20.4. The molecule has 1 fully saturated rings. The third kappa shape index (κ3) is 3.41. The summed E-state index contributed by atoms with van der Waals surface area (Å²) >= 11 is 5.96. The molecule has 0 unspecified atom stereocenters. The number of aryl methyl sites for hydroxylation is 1. The molecule has 6 heteroatoms. The van der Waals surface area contributed by atoms with Gasteiger partial charge in [-0.05, 0) is 23.8 Å². The lowest BCUT2D eigenvalue weighted by Gasteiger charge is -2.27. The lowest BCUT2D eigenvalue weighted by Crippen LogP contribution is -2.42. The first-order valence-electron chi connectivity index (χ1n) is 6.64. The SMILES string of the molecule is NC(=NCc1cc2c(s1)CCSC2)N1CCSCC1. The second-order valence-electron chi connectivity index (χ2n) is 4.74. The zero-order valence-electron chi connectivity index (χ0n) is 10.9. The van der Waals surface area contributed by atoms with E-state index in [2.05, 4.69) is 16.0 Å². The standard InChI is InChI=1S/C13H19N3S3/c14-13(16-2-5-17-6-3-16)15-8-11-7-10-9-18-4-1-12(10)19-11/h7H,1-6,8-9H2,(H2,14,15). The smallest absolute Gasteiger partial charge is 0.191 e. The van der Waals surface area contributed by atoms with Gasteiger partial charge in [0.05, 0.1) is 6.54 Å². The Hall–Kier alpha value is -0.330. The summed E-state index contributed by atoms with van der Waals surface area (Å²) in [5.74, 6) is 5.50. The number of hydrogen-bond donors (Lipinski definition) is 1. The van der Waals surface area contributed by atoms with Crippen molar-refractivity contribution in [2.45, 2.75) is 18.7 Å². The van der Waals surface area contributed by atoms with E-state index in [0.717, 1.165) is 25.6 Å². The number of nitrogens with two attached hydrogens (primary N) is 1. The molecular weight excluding hydrogens is 294 g/mol. The van der Waals surface area contributed by atoms with Crippen LogP contribution in [0.1, 0.15) is 15.3 Å². The summed E-state index contributed by atoms with van der Waals surface area (Å²) in [7, 11) is 0. The Morgan fingerprint density at radius 3 is 2.89 bits per heavy atom. The van der Waals surface area contributed by atoms with Gasteiger partial charge in [-0.15, -0.1) is 11.3 Å². The molecule has 1 aromatic heterocycles. The van der Waals surface area contributed by atoms with Gasteiger partial charge in [0.25, 0.3) is 0 Å². The van der Waals surface area contributed by atoms with E-state index >= 15 is 0 Å². The number of thiophene rings is 1. The Balaban J connectivity index is 1.62. The molecule has 0 bridgehead atoms. The molecule has 1 saturated heterocycles. The Morgan fingerprint density at radius 1 is 1.26 bits per heavy atom. The predicted octanol–water partition coefficient (Wildman–Crippen LogP) is 2.40. The van der Waals surface area contributed by atoms with Crippen LogP contribution in [0.5, 0.6) is 0 Å². The molecule has 3 rings (SSSR count). The summed E-state index contributed by atoms with van der Waals surface area (Å²) in [6, 6.07) is 2.33. The highest BCUT2D eigenvalue weighted by molar-refractivity contribution is 7.99. The van der Waals surface area contributed by atoms with Crippen molar-refractivity contribution < 1.29 is 0 Å². The number of hydrogen-bond acceptors (Lipinski definition) is 4. The van der Waals surface area contributed by atoms with E-state index in [9.17, 15) is 0 Å². The van der Waals surface area contributed by atoms with Crippen LogP contribution < -0.4 is 5.73 Å². The van der Waals surface area contributed by atoms with Crippen LogP contribution >= 0.6 is 34.9 Å². The second-order valence-corrected chi connectivity index (χ2v) is 8.29. The third-order valence-corrected chi connectivity index (χ3v) is 6.58. The molecule has 2 aliphatic heterocycles. The fourth-order valence-electron chi connectivity index (χ4n) is 2.34. The van der Waals surface area contributed by atoms with Crippen LogP contribution in [0.3, 0.4) is 0 Å². The van der Waals surface area contributed by atoms with Gasteiger partial charge in [-0.2, -0.15) is 23.5 Å². The van der Waals surface area contributed by atoms with Crippen molar-refractivity contribution >= 4 is 40.8 Å². The Bertz CT molecular complexity index is 440. The topological polar surface area (TPSA) is 41.6 Å². The molecule has 2 aliphatic rings. The number of fused-ring (bicyclic) bond motifs is 1. The van der Waals surface area contributed by atoms with Gasteiger partial charge in [0.1, 0.15) is 0 Å². The zero-order chi connectivity index (χ0) is 13.1. The number of aliphatic imine (C=N–C) groups is 1. The number of guanidine groups is 1. The van der Waals surface area contributed by atoms with Crippen LogP contribution in [0.15, 0.2) is 11.1 Å². The van der Waals surface area contributed by atoms with Gasteiger partial charge >= 0.3 is 0 Å². The average Bonchev–Trinajstić information content (AvgIpc) is 2.88. The highest BCUT2D eigenvalue weighted by Gasteiger charge is 2.14. The highest BCUT2D eigenvalue weighted by Crippen LogP contribution is 2.32. The van der Waals surface area contributed by atoms with Gasteiger partial charge in [0.2, 0.25) is 0 Å². The fraction of sp³-hybridized carbons (Fsp3) is 0.615. The van der Waals surface area contributed by atoms with Gasteiger partial charge in [0.15, 0.2) is 5.96 Å². The van der Waals surface area contributed by atoms with E-state index in [4.69, 9.17) is 5.73 Å². The zero-order valence-corrected chi connectivity index (χ0v) is 13.4. The van der Waals surface area contributed by atoms with Crippen LogP contribution in [0.4, 0.5) is 0 Å². The van der Waals surface area contributed by atoms with Gasteiger partial charge in [-0.25, -0.2) is 4.99 Å². The van der Waals surface area contributed by atoms with Crippen LogP contribution in [0.2, 0.25) is 0 Å². The molecule has 19 heavy (non-hydrogen) atoms. The number of rotatable bonds is 2. The van der Waals surface area contributed by atoms with Gasteiger partial charge in [-0.1, -0.05) is 0 Å². The summed E-state index contributed by atoms with van der Waals surface area (Å²) in [5, 5.41) is 0. The van der Waals surface area contributed by atoms with Crippen LogP contribution in [0.25, 0.3) is 0 Å². The maximum Gasteiger partial charge on any atom is 0.191 e. The molecule has 0 saturated carbocycles. The first-order chi connectivity index (χ1) is 9.33. The second kappa shape index (κ2) is 6.41. The summed E-state index contributed by atoms with van der Waals surface area (Å²) < 4.78 is 0. The van der Waals surface area contributed by atoms with E-state index in [-0.39, 0.29) is 0 Å². The van der Waals surface area contributed by atoms with Crippen molar-refractivity contribution in [3.63, 3.8) is 0 Å². The Morgan fingerprint density at radius 2 is 2.11 bits per heavy atom. The van der Waals surface area contributed by atoms with Gasteiger partial charge in [-0.3, -0.25) is 0 Å². The molecule has 0 amide bonds. The van der Waals surface area contributed by atoms with Crippen molar-refractivity contribution in [2.75, 3.05) is 30.3 Å². The largest absolute Gasteiger partial charge is 0.370 e. The van der Waals surface area contributed by atoms with E-state index in [1.165, 1.54) is 39.9 Å². The summed E-state index contributed by atoms with van der Waals surface area (Å²) in [5.41, 5.74) is 7.61. The van der Waals surface area contributed by atoms with E-state index < -0.39 is 0 Å². The van der Waals surface area contributed by atoms with Crippen LogP contribution in [-0.2, 0) is 18.7 Å². The van der Waals surface area contributed by atoms with Crippen LogP contribution in [-0.4, -0.2) is 41.2 Å². The molecule has 104 valence electrons. The Kier molecular flexibility index (Phi) is 4.61. The molecule has 0 radical (unpaired) electrons. The lowest BCUT2D eigenvalue weighted by molar-refractivity contribution is 0.456. The number of nitrogens with zero attached hydrogens (tertiary/aromatic N) is 2. The van der Waals surface area contributed by atoms with Crippen molar-refractivity contribution in [3.8, 4) is 0 Å². The van der Waals surface area contributed by atoms with E-state index in [1.807, 2.05) is 34.9 Å². The minimum absolute atomic E-state index is 0.723. The third-order valence-electron chi connectivity index (χ3n) is 3.41. The minimum atomic E-state index is 0.723. The first-order valence-corrected chi connectivity index (χ1v) is 9.76. The predicted molar refractivity (Wildman–Crippen MR) is 88.4 cm³/mol. The van der Waals surface area contributed by atoms with Crippen molar-refractivity contribution in [1.29, 1.82) is 0 Å². The van der Waals surface area contributed by atoms with Crippen LogP contribution in [0, 0.1) is 0 Å². The first kappa shape index (κ1) is 13.6. The van der Waals surface area contributed by atoms with E-state index in [1.54, 1.807) is 4.88 Å². The molecule has 3 heterocycles.